The van der Waals surface area contributed by atoms with E-state index in [-0.39, 0.29) is 17.6 Å². The van der Waals surface area contributed by atoms with Crippen molar-refractivity contribution >= 4 is 5.95 Å². The van der Waals surface area contributed by atoms with Crippen molar-refractivity contribution in [1.29, 1.82) is 0 Å². The van der Waals surface area contributed by atoms with Crippen LogP contribution in [0.25, 0.3) is 0 Å². The summed E-state index contributed by atoms with van der Waals surface area (Å²) < 4.78 is 7.14. The maximum Gasteiger partial charge on any atom is 0.267 e. The number of anilines is 1. The fraction of sp³-hybridized carbons (Fsp3) is 0.500. The van der Waals surface area contributed by atoms with Gasteiger partial charge in [-0.25, -0.2) is 14.6 Å². The summed E-state index contributed by atoms with van der Waals surface area (Å²) in [6.45, 7) is 2.91. The molecule has 23 heavy (non-hydrogen) atoms. The van der Waals surface area contributed by atoms with Crippen LogP contribution < -0.4 is 10.9 Å². The third kappa shape index (κ3) is 2.96. The van der Waals surface area contributed by atoms with Gasteiger partial charge in [0, 0.05) is 24.4 Å². The molecule has 1 saturated heterocycles. The van der Waals surface area contributed by atoms with Crippen molar-refractivity contribution in [2.45, 2.75) is 37.8 Å². The summed E-state index contributed by atoms with van der Waals surface area (Å²) in [6.07, 6.45) is 5.84. The quantitative estimate of drug-likeness (QED) is 0.915. The Kier molecular flexibility index (Phi) is 3.57. The van der Waals surface area contributed by atoms with Crippen molar-refractivity contribution in [1.82, 2.24) is 19.7 Å². The van der Waals surface area contributed by atoms with E-state index in [2.05, 4.69) is 20.4 Å². The fourth-order valence-corrected chi connectivity index (χ4v) is 2.83. The summed E-state index contributed by atoms with van der Waals surface area (Å²) in [5.41, 5.74) is 1.91. The van der Waals surface area contributed by atoms with Crippen LogP contribution in [0.1, 0.15) is 36.1 Å². The van der Waals surface area contributed by atoms with E-state index < -0.39 is 0 Å². The summed E-state index contributed by atoms with van der Waals surface area (Å²) in [6, 6.07) is 3.24. The van der Waals surface area contributed by atoms with Gasteiger partial charge in [-0.15, -0.1) is 0 Å². The smallest absolute Gasteiger partial charge is 0.267 e. The number of hydrogen-bond donors (Lipinski definition) is 1. The van der Waals surface area contributed by atoms with Crippen molar-refractivity contribution in [3.05, 3.63) is 46.1 Å². The molecule has 7 nitrogen and oxygen atoms in total. The first-order valence-corrected chi connectivity index (χ1v) is 7.93. The monoisotopic (exact) mass is 313 g/mol. The number of aromatic nitrogens is 4. The zero-order valence-electron chi connectivity index (χ0n) is 13.0. The maximum absolute atomic E-state index is 12.2. The molecule has 0 radical (unpaired) electrons. The Morgan fingerprint density at radius 2 is 2.00 bits per heavy atom. The van der Waals surface area contributed by atoms with Gasteiger partial charge < -0.3 is 10.1 Å². The van der Waals surface area contributed by atoms with Crippen molar-refractivity contribution < 1.29 is 4.74 Å². The molecule has 2 unspecified atom stereocenters. The van der Waals surface area contributed by atoms with Crippen LogP contribution in [0, 0.1) is 6.92 Å². The van der Waals surface area contributed by atoms with Crippen molar-refractivity contribution in [2.75, 3.05) is 18.5 Å². The highest BCUT2D eigenvalue weighted by atomic mass is 16.5. The fourth-order valence-electron chi connectivity index (χ4n) is 2.83. The summed E-state index contributed by atoms with van der Waals surface area (Å²) in [5, 5.41) is 7.83. The Hall–Kier alpha value is -2.28. The van der Waals surface area contributed by atoms with E-state index in [9.17, 15) is 4.79 Å². The third-order valence-electron chi connectivity index (χ3n) is 4.30. The number of hydrogen-bond acceptors (Lipinski definition) is 6. The van der Waals surface area contributed by atoms with Crippen molar-refractivity contribution in [3.63, 3.8) is 0 Å². The van der Waals surface area contributed by atoms with Crippen LogP contribution >= 0.6 is 0 Å². The maximum atomic E-state index is 12.2. The first-order valence-electron chi connectivity index (χ1n) is 7.93. The second-order valence-corrected chi connectivity index (χ2v) is 6.25. The van der Waals surface area contributed by atoms with E-state index in [1.807, 2.05) is 13.0 Å². The van der Waals surface area contributed by atoms with Crippen LogP contribution in [0.3, 0.4) is 0 Å². The molecule has 2 atom stereocenters. The van der Waals surface area contributed by atoms with Crippen molar-refractivity contribution in [3.8, 4) is 0 Å². The Morgan fingerprint density at radius 1 is 1.22 bits per heavy atom. The van der Waals surface area contributed by atoms with E-state index in [4.69, 9.17) is 4.74 Å². The minimum Gasteiger partial charge on any atom is -0.377 e. The zero-order valence-corrected chi connectivity index (χ0v) is 13.0. The second kappa shape index (κ2) is 5.73. The molecule has 0 amide bonds. The molecule has 2 aromatic heterocycles. The third-order valence-corrected chi connectivity index (χ3v) is 4.30. The number of nitrogens with zero attached hydrogens (tertiary/aromatic N) is 4. The lowest BCUT2D eigenvalue weighted by Crippen LogP contribution is -2.37. The molecule has 2 fully saturated rings. The van der Waals surface area contributed by atoms with Crippen LogP contribution in [-0.4, -0.2) is 39.0 Å². The number of nitrogens with one attached hydrogen (secondary N) is 1. The normalized spacial score (nSPS) is 23.9. The number of ether oxygens (including phenoxy) is 1. The first kappa shape index (κ1) is 14.3. The summed E-state index contributed by atoms with van der Waals surface area (Å²) >= 11 is 0. The molecule has 4 rings (SSSR count). The zero-order chi connectivity index (χ0) is 15.8. The SMILES string of the molecule is Cc1cnc(NC2COCC2n2nc(C3CC3)ccc2=O)nc1. The predicted molar refractivity (Wildman–Crippen MR) is 84.5 cm³/mol. The van der Waals surface area contributed by atoms with Crippen LogP contribution in [0.2, 0.25) is 0 Å². The average Bonchev–Trinajstić information content (AvgIpc) is 3.30. The molecular weight excluding hydrogens is 294 g/mol. The van der Waals surface area contributed by atoms with E-state index in [0.717, 1.165) is 24.1 Å². The Morgan fingerprint density at radius 3 is 2.74 bits per heavy atom. The molecular formula is C16H19N5O2. The Balaban J connectivity index is 1.58. The van der Waals surface area contributed by atoms with Crippen LogP contribution in [0.15, 0.2) is 29.3 Å². The molecule has 1 saturated carbocycles. The summed E-state index contributed by atoms with van der Waals surface area (Å²) in [5.74, 6) is 1.05. The highest BCUT2D eigenvalue weighted by Crippen LogP contribution is 2.38. The lowest BCUT2D eigenvalue weighted by atomic mass is 10.1. The lowest BCUT2D eigenvalue weighted by Gasteiger charge is -2.20. The van der Waals surface area contributed by atoms with Gasteiger partial charge in [0.1, 0.15) is 6.04 Å². The van der Waals surface area contributed by atoms with Crippen LogP contribution in [0.4, 0.5) is 5.95 Å². The van der Waals surface area contributed by atoms with E-state index in [0.29, 0.717) is 25.1 Å². The van der Waals surface area contributed by atoms with Gasteiger partial charge in [-0.2, -0.15) is 5.10 Å². The molecule has 120 valence electrons. The van der Waals surface area contributed by atoms with E-state index in [1.165, 1.54) is 0 Å². The first-order chi connectivity index (χ1) is 11.2. The topological polar surface area (TPSA) is 81.9 Å². The average molecular weight is 313 g/mol. The van der Waals surface area contributed by atoms with Gasteiger partial charge in [-0.05, 0) is 31.4 Å². The highest BCUT2D eigenvalue weighted by molar-refractivity contribution is 5.27. The minimum atomic E-state index is -0.147. The van der Waals surface area contributed by atoms with Gasteiger partial charge in [0.15, 0.2) is 0 Å². The lowest BCUT2D eigenvalue weighted by molar-refractivity contribution is 0.182. The van der Waals surface area contributed by atoms with Gasteiger partial charge in [-0.1, -0.05) is 0 Å². The van der Waals surface area contributed by atoms with Gasteiger partial charge in [0.2, 0.25) is 5.95 Å². The van der Waals surface area contributed by atoms with Crippen LogP contribution in [0.5, 0.6) is 0 Å². The Labute approximate surface area is 133 Å². The molecule has 3 heterocycles. The van der Waals surface area contributed by atoms with Crippen molar-refractivity contribution in [2.24, 2.45) is 0 Å². The number of rotatable bonds is 4. The molecule has 7 heteroatoms. The standard InChI is InChI=1S/C16H19N5O2/c1-10-6-17-16(18-7-10)19-13-8-23-9-14(13)21-15(22)5-4-12(20-21)11-2-3-11/h4-7,11,13-14H,2-3,8-9H2,1H3,(H,17,18,19). The van der Waals surface area contributed by atoms with Gasteiger partial charge >= 0.3 is 0 Å². The second-order valence-electron chi connectivity index (χ2n) is 6.25. The van der Waals surface area contributed by atoms with Gasteiger partial charge in [0.05, 0.1) is 24.9 Å². The summed E-state index contributed by atoms with van der Waals surface area (Å²) in [4.78, 5) is 20.8. The molecule has 1 aliphatic carbocycles. The molecule has 0 aromatic carbocycles. The number of aryl methyl sites for hydroxylation is 1. The van der Waals surface area contributed by atoms with Gasteiger partial charge in [-0.3, -0.25) is 4.79 Å². The molecule has 1 N–H and O–H groups in total. The van der Waals surface area contributed by atoms with Gasteiger partial charge in [0.25, 0.3) is 5.56 Å². The predicted octanol–water partition coefficient (Wildman–Crippen LogP) is 1.27. The minimum absolute atomic E-state index is 0.0719. The molecule has 2 aromatic rings. The molecule has 2 aliphatic rings. The molecule has 0 spiro atoms. The van der Waals surface area contributed by atoms with E-state index in [1.54, 1.807) is 23.1 Å². The summed E-state index contributed by atoms with van der Waals surface area (Å²) in [7, 11) is 0. The highest BCUT2D eigenvalue weighted by Gasteiger charge is 2.33. The Bertz CT molecular complexity index is 754. The van der Waals surface area contributed by atoms with Crippen LogP contribution in [-0.2, 0) is 4.74 Å². The largest absolute Gasteiger partial charge is 0.377 e. The molecule has 1 aliphatic heterocycles. The van der Waals surface area contributed by atoms with E-state index >= 15 is 0 Å². The molecule has 0 bridgehead atoms.